The number of piperidine rings is 1. The second kappa shape index (κ2) is 6.03. The highest BCUT2D eigenvalue weighted by Gasteiger charge is 2.22. The van der Waals surface area contributed by atoms with E-state index in [0.29, 0.717) is 5.92 Å². The van der Waals surface area contributed by atoms with Crippen LogP contribution in [0, 0.1) is 5.92 Å². The Bertz CT molecular complexity index is 610. The molecule has 1 aliphatic rings. The van der Waals surface area contributed by atoms with Crippen LogP contribution in [0.4, 0.5) is 0 Å². The van der Waals surface area contributed by atoms with E-state index >= 15 is 0 Å². The number of aromatic nitrogens is 4. The number of nitrogens with zero attached hydrogens (tertiary/aromatic N) is 4. The van der Waals surface area contributed by atoms with Gasteiger partial charge in [-0.3, -0.25) is 14.9 Å². The van der Waals surface area contributed by atoms with E-state index in [9.17, 15) is 4.79 Å². The third kappa shape index (κ3) is 3.26. The lowest BCUT2D eigenvalue weighted by atomic mass is 9.93. The number of H-pyrrole nitrogens is 1. The Kier molecular flexibility index (Phi) is 3.94. The van der Waals surface area contributed by atoms with Crippen LogP contribution in [0.15, 0.2) is 24.7 Å². The van der Waals surface area contributed by atoms with E-state index in [-0.39, 0.29) is 5.91 Å². The van der Waals surface area contributed by atoms with Crippen molar-refractivity contribution in [2.75, 3.05) is 13.1 Å². The summed E-state index contributed by atoms with van der Waals surface area (Å²) in [5.74, 6) is 0.631. The molecule has 0 aliphatic carbocycles. The van der Waals surface area contributed by atoms with Crippen LogP contribution in [0.2, 0.25) is 0 Å². The number of carbonyl (C=O) groups is 1. The molecule has 0 saturated carbocycles. The quantitative estimate of drug-likeness (QED) is 0.930. The van der Waals surface area contributed by atoms with E-state index in [4.69, 9.17) is 0 Å². The summed E-state index contributed by atoms with van der Waals surface area (Å²) in [4.78, 5) is 22.3. The zero-order valence-electron chi connectivity index (χ0n) is 12.1. The first kappa shape index (κ1) is 13.7. The summed E-state index contributed by atoms with van der Waals surface area (Å²) in [6.45, 7) is 3.35. The second-order valence-corrected chi connectivity index (χ2v) is 5.54. The lowest BCUT2D eigenvalue weighted by Crippen LogP contribution is -2.39. The van der Waals surface area contributed by atoms with Crippen molar-refractivity contribution in [2.24, 2.45) is 5.92 Å². The fourth-order valence-electron chi connectivity index (χ4n) is 2.85. The number of nitrogens with one attached hydrogen (secondary N) is 1. The maximum atomic E-state index is 11.5. The topological polar surface area (TPSA) is 74.8 Å². The van der Waals surface area contributed by atoms with Gasteiger partial charge in [0.1, 0.15) is 5.69 Å². The molecular weight excluding hydrogens is 266 g/mol. The SMILES string of the molecule is CC(=O)N1CCC[C@@H](Cc2cncc(-c3ccn[nH]3)n2)C1. The normalized spacial score (nSPS) is 18.7. The smallest absolute Gasteiger partial charge is 0.219 e. The molecule has 110 valence electrons. The summed E-state index contributed by atoms with van der Waals surface area (Å²) in [6.07, 6.45) is 8.32. The van der Waals surface area contributed by atoms with E-state index in [2.05, 4.69) is 20.2 Å². The molecular formula is C15H19N5O. The van der Waals surface area contributed by atoms with Gasteiger partial charge >= 0.3 is 0 Å². The average molecular weight is 285 g/mol. The van der Waals surface area contributed by atoms with Gasteiger partial charge in [0, 0.05) is 32.4 Å². The predicted octanol–water partition coefficient (Wildman–Crippen LogP) is 1.67. The highest BCUT2D eigenvalue weighted by molar-refractivity contribution is 5.73. The van der Waals surface area contributed by atoms with Gasteiger partial charge < -0.3 is 4.90 Å². The highest BCUT2D eigenvalue weighted by atomic mass is 16.2. The molecule has 1 saturated heterocycles. The fraction of sp³-hybridized carbons (Fsp3) is 0.467. The zero-order chi connectivity index (χ0) is 14.7. The third-order valence-corrected chi connectivity index (χ3v) is 3.92. The minimum Gasteiger partial charge on any atom is -0.343 e. The van der Waals surface area contributed by atoms with E-state index in [1.807, 2.05) is 17.2 Å². The van der Waals surface area contributed by atoms with Crippen molar-refractivity contribution < 1.29 is 4.79 Å². The minimum atomic E-state index is 0.164. The molecule has 1 amide bonds. The van der Waals surface area contributed by atoms with E-state index < -0.39 is 0 Å². The molecule has 2 aromatic heterocycles. The minimum absolute atomic E-state index is 0.164. The molecule has 1 atom stereocenters. The van der Waals surface area contributed by atoms with E-state index in [1.54, 1.807) is 19.3 Å². The summed E-state index contributed by atoms with van der Waals surface area (Å²) in [6, 6.07) is 1.88. The monoisotopic (exact) mass is 285 g/mol. The summed E-state index contributed by atoms with van der Waals surface area (Å²) in [7, 11) is 0. The zero-order valence-corrected chi connectivity index (χ0v) is 12.1. The molecule has 0 unspecified atom stereocenters. The van der Waals surface area contributed by atoms with E-state index in [0.717, 1.165) is 49.4 Å². The molecule has 2 aromatic rings. The van der Waals surface area contributed by atoms with Gasteiger partial charge in [-0.25, -0.2) is 4.98 Å². The standard InChI is InChI=1S/C15H19N5O/c1-11(21)20-6-2-3-12(10-20)7-13-8-16-9-15(18-13)14-4-5-17-19-14/h4-5,8-9,12H,2-3,6-7,10H2,1H3,(H,17,19)/t12-/m0/s1. The van der Waals surface area contributed by atoms with Crippen LogP contribution in [-0.4, -0.2) is 44.1 Å². The molecule has 6 heteroatoms. The van der Waals surface area contributed by atoms with Crippen LogP contribution in [0.1, 0.15) is 25.5 Å². The Morgan fingerprint density at radius 1 is 1.48 bits per heavy atom. The Hall–Kier alpha value is -2.24. The van der Waals surface area contributed by atoms with Crippen LogP contribution in [0.5, 0.6) is 0 Å². The van der Waals surface area contributed by atoms with Gasteiger partial charge in [-0.2, -0.15) is 5.10 Å². The largest absolute Gasteiger partial charge is 0.343 e. The molecule has 0 spiro atoms. The first-order valence-electron chi connectivity index (χ1n) is 7.28. The van der Waals surface area contributed by atoms with Crippen molar-refractivity contribution in [3.05, 3.63) is 30.4 Å². The first-order valence-corrected chi connectivity index (χ1v) is 7.28. The van der Waals surface area contributed by atoms with Gasteiger partial charge in [0.2, 0.25) is 5.91 Å². The highest BCUT2D eigenvalue weighted by Crippen LogP contribution is 2.21. The van der Waals surface area contributed by atoms with Crippen LogP contribution in [0.25, 0.3) is 11.4 Å². The van der Waals surface area contributed by atoms with Gasteiger partial charge in [-0.05, 0) is 31.2 Å². The maximum absolute atomic E-state index is 11.5. The molecule has 6 nitrogen and oxygen atoms in total. The Morgan fingerprint density at radius 3 is 3.14 bits per heavy atom. The summed E-state index contributed by atoms with van der Waals surface area (Å²) in [5.41, 5.74) is 2.65. The number of rotatable bonds is 3. The lowest BCUT2D eigenvalue weighted by Gasteiger charge is -2.31. The molecule has 3 heterocycles. The van der Waals surface area contributed by atoms with Crippen LogP contribution in [0.3, 0.4) is 0 Å². The van der Waals surface area contributed by atoms with Crippen LogP contribution in [-0.2, 0) is 11.2 Å². The molecule has 0 bridgehead atoms. The van der Waals surface area contributed by atoms with Crippen LogP contribution >= 0.6 is 0 Å². The Morgan fingerprint density at radius 2 is 2.38 bits per heavy atom. The number of amides is 1. The molecule has 0 aromatic carbocycles. The van der Waals surface area contributed by atoms with Gasteiger partial charge in [0.15, 0.2) is 0 Å². The van der Waals surface area contributed by atoms with E-state index in [1.165, 1.54) is 0 Å². The molecule has 1 fully saturated rings. The molecule has 1 aliphatic heterocycles. The summed E-state index contributed by atoms with van der Waals surface area (Å²) in [5, 5.41) is 6.84. The first-order chi connectivity index (χ1) is 10.2. The van der Waals surface area contributed by atoms with Crippen molar-refractivity contribution in [1.82, 2.24) is 25.1 Å². The van der Waals surface area contributed by atoms with Crippen molar-refractivity contribution in [2.45, 2.75) is 26.2 Å². The lowest BCUT2D eigenvalue weighted by molar-refractivity contribution is -0.130. The van der Waals surface area contributed by atoms with Crippen molar-refractivity contribution >= 4 is 5.91 Å². The Labute approximate surface area is 123 Å². The van der Waals surface area contributed by atoms with Gasteiger partial charge in [-0.1, -0.05) is 0 Å². The Balaban J connectivity index is 1.70. The second-order valence-electron chi connectivity index (χ2n) is 5.54. The van der Waals surface area contributed by atoms with Crippen LogP contribution < -0.4 is 0 Å². The third-order valence-electron chi connectivity index (χ3n) is 3.92. The maximum Gasteiger partial charge on any atom is 0.219 e. The molecule has 3 rings (SSSR count). The molecule has 21 heavy (non-hydrogen) atoms. The molecule has 1 N–H and O–H groups in total. The van der Waals surface area contributed by atoms with Crippen molar-refractivity contribution in [3.8, 4) is 11.4 Å². The number of likely N-dealkylation sites (tertiary alicyclic amines) is 1. The number of aromatic amines is 1. The average Bonchev–Trinajstić information content (AvgIpc) is 3.02. The number of carbonyl (C=O) groups excluding carboxylic acids is 1. The van der Waals surface area contributed by atoms with Gasteiger partial charge in [0.05, 0.1) is 17.6 Å². The summed E-state index contributed by atoms with van der Waals surface area (Å²) < 4.78 is 0. The van der Waals surface area contributed by atoms with Gasteiger partial charge in [0.25, 0.3) is 0 Å². The number of hydrogen-bond acceptors (Lipinski definition) is 4. The van der Waals surface area contributed by atoms with Crippen molar-refractivity contribution in [1.29, 1.82) is 0 Å². The number of hydrogen-bond donors (Lipinski definition) is 1. The predicted molar refractivity (Wildman–Crippen MR) is 78.3 cm³/mol. The molecule has 0 radical (unpaired) electrons. The fourth-order valence-corrected chi connectivity index (χ4v) is 2.85. The van der Waals surface area contributed by atoms with Crippen molar-refractivity contribution in [3.63, 3.8) is 0 Å². The summed E-state index contributed by atoms with van der Waals surface area (Å²) >= 11 is 0. The van der Waals surface area contributed by atoms with Gasteiger partial charge in [-0.15, -0.1) is 0 Å².